The third-order valence-corrected chi connectivity index (χ3v) is 3.58. The van der Waals surface area contributed by atoms with Crippen molar-refractivity contribution in [2.24, 2.45) is 4.76 Å². The Bertz CT molecular complexity index is 166. The summed E-state index contributed by atoms with van der Waals surface area (Å²) in [5.74, 6) is 0.935. The summed E-state index contributed by atoms with van der Waals surface area (Å²) in [5, 5.41) is 0. The Hall–Kier alpha value is 0.560. The number of hydrogen-bond donors (Lipinski definition) is 0. The van der Waals surface area contributed by atoms with Crippen LogP contribution < -0.4 is 0 Å². The molecule has 0 bridgehead atoms. The molecule has 78 valence electrons. The average Bonchev–Trinajstić information content (AvgIpc) is 2.04. The van der Waals surface area contributed by atoms with Crippen molar-refractivity contribution in [1.82, 2.24) is 9.34 Å². The van der Waals surface area contributed by atoms with E-state index in [1.54, 1.807) is 0 Å². The molecular weight excluding hydrogens is 219 g/mol. The molecule has 0 radical (unpaired) electrons. The molecule has 3 nitrogen and oxygen atoms in total. The Labute approximate surface area is 88.5 Å². The predicted molar refractivity (Wildman–Crippen MR) is 70.5 cm³/mol. The molecular formula is C7H20N3P3. The van der Waals surface area contributed by atoms with Gasteiger partial charge in [-0.25, -0.2) is 4.76 Å². The van der Waals surface area contributed by atoms with E-state index in [-0.39, 0.29) is 0 Å². The highest BCUT2D eigenvalue weighted by molar-refractivity contribution is 7.18. The second kappa shape index (κ2) is 6.12. The van der Waals surface area contributed by atoms with Crippen LogP contribution in [0.4, 0.5) is 0 Å². The van der Waals surface area contributed by atoms with Gasteiger partial charge in [0.05, 0.1) is 0 Å². The molecule has 0 aromatic heterocycles. The van der Waals surface area contributed by atoms with E-state index in [1.807, 2.05) is 0 Å². The van der Waals surface area contributed by atoms with E-state index in [2.05, 4.69) is 70.0 Å². The molecule has 13 heavy (non-hydrogen) atoms. The summed E-state index contributed by atoms with van der Waals surface area (Å²) in [5.41, 5.74) is 0. The quantitative estimate of drug-likeness (QED) is 0.417. The lowest BCUT2D eigenvalue weighted by molar-refractivity contribution is 0.453. The minimum atomic E-state index is 0.422. The molecule has 6 heteroatoms. The van der Waals surface area contributed by atoms with Crippen LogP contribution in [-0.2, 0) is 0 Å². The number of hydrogen-bond acceptors (Lipinski definition) is 1. The zero-order valence-corrected chi connectivity index (χ0v) is 12.2. The van der Waals surface area contributed by atoms with Crippen molar-refractivity contribution >= 4 is 34.1 Å². The zero-order valence-electron chi connectivity index (χ0n) is 8.73. The third kappa shape index (κ3) is 4.07. The molecule has 0 saturated heterocycles. The van der Waals surface area contributed by atoms with Crippen LogP contribution in [0.1, 0.15) is 27.7 Å². The van der Waals surface area contributed by atoms with Gasteiger partial charge < -0.3 is 9.34 Å². The molecule has 0 rings (SSSR count). The SMILES string of the molecule is CC(C)N(P)C(=NP)N(P)C(C)C. The molecule has 0 aliphatic carbocycles. The van der Waals surface area contributed by atoms with Gasteiger partial charge in [-0.1, -0.05) is 0 Å². The van der Waals surface area contributed by atoms with E-state index in [9.17, 15) is 0 Å². The topological polar surface area (TPSA) is 18.8 Å². The maximum atomic E-state index is 4.17. The highest BCUT2D eigenvalue weighted by Crippen LogP contribution is 2.17. The van der Waals surface area contributed by atoms with E-state index < -0.39 is 0 Å². The maximum Gasteiger partial charge on any atom is 0.206 e. The van der Waals surface area contributed by atoms with E-state index in [0.717, 1.165) is 5.96 Å². The lowest BCUT2D eigenvalue weighted by Crippen LogP contribution is -2.39. The molecule has 3 atom stereocenters. The van der Waals surface area contributed by atoms with Gasteiger partial charge in [-0.3, -0.25) is 0 Å². The Balaban J connectivity index is 4.53. The van der Waals surface area contributed by atoms with Crippen molar-refractivity contribution in [2.75, 3.05) is 0 Å². The second-order valence-corrected chi connectivity index (χ2v) is 4.80. The van der Waals surface area contributed by atoms with Gasteiger partial charge in [-0.15, -0.1) is 0 Å². The molecule has 0 spiro atoms. The Morgan fingerprint density at radius 2 is 1.31 bits per heavy atom. The Kier molecular flexibility index (Phi) is 6.38. The molecule has 0 amide bonds. The van der Waals surface area contributed by atoms with E-state index in [1.165, 1.54) is 0 Å². The highest BCUT2D eigenvalue weighted by Gasteiger charge is 2.16. The Morgan fingerprint density at radius 1 is 1.00 bits per heavy atom. The first-order chi connectivity index (χ1) is 5.91. The van der Waals surface area contributed by atoms with E-state index in [0.29, 0.717) is 12.1 Å². The summed E-state index contributed by atoms with van der Waals surface area (Å²) in [6, 6.07) is 0.845. The third-order valence-electron chi connectivity index (χ3n) is 1.69. The molecule has 0 aliphatic rings. The molecule has 0 aliphatic heterocycles. The van der Waals surface area contributed by atoms with Crippen LogP contribution >= 0.6 is 28.2 Å². The highest BCUT2D eigenvalue weighted by atomic mass is 31.0. The van der Waals surface area contributed by atoms with Crippen molar-refractivity contribution < 1.29 is 0 Å². The molecule has 0 heterocycles. The summed E-state index contributed by atoms with van der Waals surface area (Å²) in [6.45, 7) is 8.51. The van der Waals surface area contributed by atoms with Gasteiger partial charge >= 0.3 is 0 Å². The minimum Gasteiger partial charge on any atom is -0.325 e. The van der Waals surface area contributed by atoms with Crippen molar-refractivity contribution in [3.05, 3.63) is 0 Å². The summed E-state index contributed by atoms with van der Waals surface area (Å²) in [7, 11) is 7.76. The van der Waals surface area contributed by atoms with E-state index >= 15 is 0 Å². The smallest absolute Gasteiger partial charge is 0.206 e. The summed E-state index contributed by atoms with van der Waals surface area (Å²) in [6.07, 6.45) is 0. The molecule has 0 aromatic rings. The van der Waals surface area contributed by atoms with Crippen LogP contribution in [0, 0.1) is 0 Å². The lowest BCUT2D eigenvalue weighted by atomic mass is 10.4. The van der Waals surface area contributed by atoms with Gasteiger partial charge in [-0.2, -0.15) is 0 Å². The Morgan fingerprint density at radius 3 is 1.46 bits per heavy atom. The van der Waals surface area contributed by atoms with Crippen LogP contribution in [0.15, 0.2) is 4.76 Å². The largest absolute Gasteiger partial charge is 0.325 e. The van der Waals surface area contributed by atoms with Gasteiger partial charge in [0.25, 0.3) is 0 Å². The van der Waals surface area contributed by atoms with Gasteiger partial charge in [-0.05, 0) is 55.9 Å². The first-order valence-corrected chi connectivity index (χ1v) is 5.82. The van der Waals surface area contributed by atoms with Crippen molar-refractivity contribution in [1.29, 1.82) is 0 Å². The first kappa shape index (κ1) is 13.6. The average molecular weight is 239 g/mol. The summed E-state index contributed by atoms with van der Waals surface area (Å²) < 4.78 is 8.28. The maximum absolute atomic E-state index is 4.17. The molecule has 0 fully saturated rings. The van der Waals surface area contributed by atoms with Crippen molar-refractivity contribution in [2.45, 2.75) is 39.8 Å². The number of nitrogens with zero attached hydrogens (tertiary/aromatic N) is 3. The van der Waals surface area contributed by atoms with Crippen molar-refractivity contribution in [3.63, 3.8) is 0 Å². The van der Waals surface area contributed by atoms with Crippen LogP contribution in [0.5, 0.6) is 0 Å². The van der Waals surface area contributed by atoms with Gasteiger partial charge in [0.15, 0.2) is 0 Å². The van der Waals surface area contributed by atoms with Gasteiger partial charge in [0.2, 0.25) is 5.96 Å². The summed E-state index contributed by atoms with van der Waals surface area (Å²) in [4.78, 5) is 0. The number of guanidine groups is 1. The van der Waals surface area contributed by atoms with E-state index in [4.69, 9.17) is 0 Å². The molecule has 0 aromatic carbocycles. The summed E-state index contributed by atoms with van der Waals surface area (Å²) >= 11 is 0. The standard InChI is InChI=1S/C7H20N3P3/c1-5(2)9(12)7(8-11)10(13)6(3)4/h5-6H,11-13H2,1-4H3. The normalized spacial score (nSPS) is 10.5. The van der Waals surface area contributed by atoms with Crippen LogP contribution in [0.3, 0.4) is 0 Å². The minimum absolute atomic E-state index is 0.422. The first-order valence-electron chi connectivity index (χ1n) is 4.27. The fraction of sp³-hybridized carbons (Fsp3) is 0.857. The van der Waals surface area contributed by atoms with Gasteiger partial charge in [0.1, 0.15) is 0 Å². The van der Waals surface area contributed by atoms with Crippen LogP contribution in [-0.4, -0.2) is 27.4 Å². The number of rotatable bonds is 2. The zero-order chi connectivity index (χ0) is 10.6. The second-order valence-electron chi connectivity index (χ2n) is 3.43. The molecule has 0 saturated carbocycles. The lowest BCUT2D eigenvalue weighted by Gasteiger charge is -2.33. The predicted octanol–water partition coefficient (Wildman–Crippen LogP) is 2.13. The fourth-order valence-electron chi connectivity index (χ4n) is 0.729. The van der Waals surface area contributed by atoms with Crippen LogP contribution in [0.2, 0.25) is 0 Å². The van der Waals surface area contributed by atoms with Gasteiger partial charge in [0, 0.05) is 12.1 Å². The molecule has 3 unspecified atom stereocenters. The fourth-order valence-corrected chi connectivity index (χ4v) is 1.80. The monoisotopic (exact) mass is 239 g/mol. The van der Waals surface area contributed by atoms with Crippen molar-refractivity contribution in [3.8, 4) is 0 Å². The molecule has 0 N–H and O–H groups in total. The van der Waals surface area contributed by atoms with Crippen LogP contribution in [0.25, 0.3) is 0 Å².